The Kier molecular flexibility index (Phi) is 10.5. The van der Waals surface area contributed by atoms with Gasteiger partial charge in [0.1, 0.15) is 17.2 Å². The van der Waals surface area contributed by atoms with Crippen molar-refractivity contribution in [2.24, 2.45) is 0 Å². The molecular weight excluding hydrogens is 315 g/mol. The minimum atomic E-state index is -0.318. The normalized spacial score (nSPS) is 18.0. The molecule has 1 saturated heterocycles. The van der Waals surface area contributed by atoms with Crippen molar-refractivity contribution in [3.63, 3.8) is 0 Å². The Balaban J connectivity index is 0.000000348. The molecule has 0 aromatic carbocycles. The topological polar surface area (TPSA) is 58.6 Å². The minimum absolute atomic E-state index is 0.194. The highest BCUT2D eigenvalue weighted by Crippen LogP contribution is 2.27. The zero-order valence-electron chi connectivity index (χ0n) is 12.8. The van der Waals surface area contributed by atoms with Crippen molar-refractivity contribution in [2.45, 2.75) is 45.3 Å². The molecule has 0 bridgehead atoms. The third-order valence-electron chi connectivity index (χ3n) is 2.69. The number of rotatable bonds is 2. The summed E-state index contributed by atoms with van der Waals surface area (Å²) in [4.78, 5) is 22.3. The molecule has 0 spiro atoms. The van der Waals surface area contributed by atoms with E-state index in [1.165, 1.54) is 12.8 Å². The van der Waals surface area contributed by atoms with E-state index >= 15 is 0 Å². The Morgan fingerprint density at radius 1 is 1.43 bits per heavy atom. The summed E-state index contributed by atoms with van der Waals surface area (Å²) in [5.41, 5.74) is 0.407. The fourth-order valence-corrected chi connectivity index (χ4v) is 1.65. The van der Waals surface area contributed by atoms with Gasteiger partial charge in [0.25, 0.3) is 6.47 Å². The van der Waals surface area contributed by atoms with Gasteiger partial charge >= 0.3 is 0 Å². The van der Waals surface area contributed by atoms with Gasteiger partial charge in [0, 0.05) is 25.7 Å². The molecule has 0 radical (unpaired) electrons. The standard InChI is InChI=1S/C8H12N2O.C5H10O2.CH2Cl2/c11-6-7-5-10(4-3-9-7)8-1-2-8;1-5(2,3)7-4-6;2-1-3/h8-9H,1-5H2;4H,1-3H3;1H2. The van der Waals surface area contributed by atoms with E-state index in [2.05, 4.69) is 15.0 Å². The molecule has 2 rings (SSSR count). The summed E-state index contributed by atoms with van der Waals surface area (Å²) in [5, 5.41) is 3.23. The second-order valence-corrected chi connectivity index (χ2v) is 6.44. The summed E-state index contributed by atoms with van der Waals surface area (Å²) < 4.78 is 4.55. The molecule has 0 aromatic heterocycles. The highest BCUT2D eigenvalue weighted by Gasteiger charge is 2.30. The first-order valence-electron chi connectivity index (χ1n) is 6.83. The van der Waals surface area contributed by atoms with Crippen LogP contribution in [-0.4, -0.2) is 53.9 Å². The van der Waals surface area contributed by atoms with Crippen LogP contribution in [0.4, 0.5) is 0 Å². The molecule has 122 valence electrons. The summed E-state index contributed by atoms with van der Waals surface area (Å²) in [5.74, 6) is 1.93. The van der Waals surface area contributed by atoms with Gasteiger partial charge < -0.3 is 10.1 Å². The predicted molar refractivity (Wildman–Crippen MR) is 85.3 cm³/mol. The van der Waals surface area contributed by atoms with Crippen LogP contribution in [0.1, 0.15) is 33.6 Å². The highest BCUT2D eigenvalue weighted by molar-refractivity contribution is 6.40. The molecule has 1 saturated carbocycles. The van der Waals surface area contributed by atoms with E-state index in [4.69, 9.17) is 23.2 Å². The molecule has 0 aromatic rings. The zero-order valence-corrected chi connectivity index (χ0v) is 14.3. The van der Waals surface area contributed by atoms with Crippen molar-refractivity contribution in [1.82, 2.24) is 10.2 Å². The lowest BCUT2D eigenvalue weighted by Gasteiger charge is -2.27. The Hall–Kier alpha value is -0.740. The molecule has 1 heterocycles. The summed E-state index contributed by atoms with van der Waals surface area (Å²) in [6.45, 7) is 8.69. The lowest BCUT2D eigenvalue weighted by molar-refractivity contribution is -0.138. The molecule has 7 heteroatoms. The molecule has 0 atom stereocenters. The van der Waals surface area contributed by atoms with Crippen molar-refractivity contribution < 1.29 is 14.3 Å². The first-order valence-corrected chi connectivity index (χ1v) is 7.90. The summed E-state index contributed by atoms with van der Waals surface area (Å²) in [6, 6.07) is 0.764. The number of piperazine rings is 1. The minimum Gasteiger partial charge on any atom is -0.462 e. The van der Waals surface area contributed by atoms with E-state index in [0.717, 1.165) is 31.4 Å². The maximum atomic E-state index is 10.3. The second-order valence-electron chi connectivity index (χ2n) is 5.64. The Labute approximate surface area is 136 Å². The molecule has 2 aliphatic rings. The quantitative estimate of drug-likeness (QED) is 0.475. The molecule has 1 N–H and O–H groups in total. The lowest BCUT2D eigenvalue weighted by atomic mass is 10.2. The SMILES string of the molecule is CC(C)(C)OC=O.ClCCl.O=C=C1CN(C2CC2)CCN1. The van der Waals surface area contributed by atoms with Gasteiger partial charge in [-0.3, -0.25) is 9.69 Å². The first-order chi connectivity index (χ1) is 9.87. The van der Waals surface area contributed by atoms with Crippen LogP contribution < -0.4 is 5.32 Å². The maximum Gasteiger partial charge on any atom is 0.293 e. The number of hydrogen-bond acceptors (Lipinski definition) is 5. The van der Waals surface area contributed by atoms with E-state index in [9.17, 15) is 9.59 Å². The molecule has 2 fully saturated rings. The number of nitrogens with one attached hydrogen (secondary N) is 1. The number of carbonyl (C=O) groups is 1. The van der Waals surface area contributed by atoms with Crippen molar-refractivity contribution in [3.05, 3.63) is 5.70 Å². The highest BCUT2D eigenvalue weighted by atomic mass is 35.5. The Morgan fingerprint density at radius 2 is 2.00 bits per heavy atom. The summed E-state index contributed by atoms with van der Waals surface area (Å²) >= 11 is 9.53. The molecule has 0 unspecified atom stereocenters. The third-order valence-corrected chi connectivity index (χ3v) is 2.69. The predicted octanol–water partition coefficient (Wildman–Crippen LogP) is 2.15. The average molecular weight is 339 g/mol. The van der Waals surface area contributed by atoms with Crippen LogP contribution in [0.2, 0.25) is 0 Å². The largest absolute Gasteiger partial charge is 0.462 e. The fourth-order valence-electron chi connectivity index (χ4n) is 1.65. The van der Waals surface area contributed by atoms with E-state index in [0.29, 0.717) is 6.47 Å². The summed E-state index contributed by atoms with van der Waals surface area (Å²) in [7, 11) is 0. The average Bonchev–Trinajstić information content (AvgIpc) is 3.23. The van der Waals surface area contributed by atoms with E-state index in [-0.39, 0.29) is 10.9 Å². The van der Waals surface area contributed by atoms with Gasteiger partial charge in [0.05, 0.1) is 5.34 Å². The van der Waals surface area contributed by atoms with E-state index in [1.807, 2.05) is 26.7 Å². The Bertz CT molecular complexity index is 349. The Morgan fingerprint density at radius 3 is 2.33 bits per heavy atom. The second kappa shape index (κ2) is 10.9. The van der Waals surface area contributed by atoms with Crippen molar-refractivity contribution in [1.29, 1.82) is 0 Å². The smallest absolute Gasteiger partial charge is 0.293 e. The van der Waals surface area contributed by atoms with Gasteiger partial charge in [-0.15, -0.1) is 23.2 Å². The van der Waals surface area contributed by atoms with Crippen molar-refractivity contribution >= 4 is 35.6 Å². The van der Waals surface area contributed by atoms with Crippen LogP contribution in [-0.2, 0) is 14.3 Å². The molecule has 1 aliphatic heterocycles. The molecule has 1 aliphatic carbocycles. The molecule has 21 heavy (non-hydrogen) atoms. The first kappa shape index (κ1) is 20.3. The lowest BCUT2D eigenvalue weighted by Crippen LogP contribution is -2.43. The van der Waals surface area contributed by atoms with Gasteiger partial charge in [-0.1, -0.05) is 0 Å². The summed E-state index contributed by atoms with van der Waals surface area (Å²) in [6.07, 6.45) is 2.62. The van der Waals surface area contributed by atoms with Crippen LogP contribution >= 0.6 is 23.2 Å². The van der Waals surface area contributed by atoms with Crippen LogP contribution in [0.25, 0.3) is 0 Å². The van der Waals surface area contributed by atoms with Gasteiger partial charge in [-0.25, -0.2) is 4.79 Å². The number of nitrogens with zero attached hydrogens (tertiary/aromatic N) is 1. The van der Waals surface area contributed by atoms with Crippen molar-refractivity contribution in [2.75, 3.05) is 25.0 Å². The number of alkyl halides is 2. The molecule has 5 nitrogen and oxygen atoms in total. The fraction of sp³-hybridized carbons (Fsp3) is 0.786. The number of hydrogen-bond donors (Lipinski definition) is 1. The van der Waals surface area contributed by atoms with Crippen LogP contribution in [0.15, 0.2) is 5.70 Å². The van der Waals surface area contributed by atoms with Gasteiger partial charge in [-0.2, -0.15) is 0 Å². The number of halogens is 2. The van der Waals surface area contributed by atoms with E-state index in [1.54, 1.807) is 0 Å². The van der Waals surface area contributed by atoms with E-state index < -0.39 is 0 Å². The monoisotopic (exact) mass is 338 g/mol. The van der Waals surface area contributed by atoms with Crippen LogP contribution in [0, 0.1) is 0 Å². The maximum absolute atomic E-state index is 10.3. The molecule has 0 amide bonds. The van der Waals surface area contributed by atoms with Gasteiger partial charge in [0.2, 0.25) is 0 Å². The molecular formula is C14H24Cl2N2O3. The van der Waals surface area contributed by atoms with Gasteiger partial charge in [-0.05, 0) is 33.6 Å². The third kappa shape index (κ3) is 11.6. The van der Waals surface area contributed by atoms with Gasteiger partial charge in [0.15, 0.2) is 0 Å². The number of ether oxygens (including phenoxy) is 1. The van der Waals surface area contributed by atoms with Crippen molar-refractivity contribution in [3.8, 4) is 0 Å². The van der Waals surface area contributed by atoms with Crippen LogP contribution in [0.3, 0.4) is 0 Å². The zero-order chi connectivity index (χ0) is 16.3. The number of carbonyl (C=O) groups excluding carboxylic acids is 2. The van der Waals surface area contributed by atoms with Crippen LogP contribution in [0.5, 0.6) is 0 Å².